The van der Waals surface area contributed by atoms with E-state index in [1.54, 1.807) is 0 Å². The van der Waals surface area contributed by atoms with Crippen LogP contribution in [0.4, 0.5) is 17.1 Å². The van der Waals surface area contributed by atoms with Crippen LogP contribution < -0.4 is 4.90 Å². The summed E-state index contributed by atoms with van der Waals surface area (Å²) >= 11 is 0. The molecule has 186 valence electrons. The number of fused-ring (bicyclic) bond motifs is 8. The number of anilines is 3. The van der Waals surface area contributed by atoms with E-state index in [2.05, 4.69) is 134 Å². The van der Waals surface area contributed by atoms with Gasteiger partial charge in [-0.25, -0.2) is 0 Å². The summed E-state index contributed by atoms with van der Waals surface area (Å²) in [4.78, 5) is 2.34. The number of nitrogens with zero attached hydrogens (tertiary/aromatic N) is 1. The van der Waals surface area contributed by atoms with Gasteiger partial charge in [-0.15, -0.1) is 0 Å². The molecular weight excluding hydrogens is 474 g/mol. The van der Waals surface area contributed by atoms with Crippen LogP contribution in [0.1, 0.15) is 25.0 Å². The van der Waals surface area contributed by atoms with E-state index in [9.17, 15) is 0 Å². The lowest BCUT2D eigenvalue weighted by atomic mass is 9.80. The molecule has 0 N–H and O–H groups in total. The van der Waals surface area contributed by atoms with Crippen molar-refractivity contribution in [3.63, 3.8) is 0 Å². The van der Waals surface area contributed by atoms with Gasteiger partial charge >= 0.3 is 0 Å². The third-order valence-corrected chi connectivity index (χ3v) is 8.42. The molecule has 1 aromatic heterocycles. The second-order valence-electron chi connectivity index (χ2n) is 11.0. The minimum absolute atomic E-state index is 0.130. The molecule has 0 bridgehead atoms. The Morgan fingerprint density at radius 1 is 0.564 bits per heavy atom. The Kier molecular flexibility index (Phi) is 4.60. The lowest BCUT2D eigenvalue weighted by Gasteiger charge is -2.28. The molecule has 0 saturated carbocycles. The molecule has 0 aliphatic heterocycles. The molecule has 2 heteroatoms. The Hall–Kier alpha value is -4.82. The van der Waals surface area contributed by atoms with Crippen LogP contribution in [0.25, 0.3) is 43.8 Å². The molecule has 8 rings (SSSR count). The van der Waals surface area contributed by atoms with Crippen molar-refractivity contribution in [3.8, 4) is 11.1 Å². The van der Waals surface area contributed by atoms with Crippen molar-refractivity contribution in [1.29, 1.82) is 0 Å². The van der Waals surface area contributed by atoms with E-state index in [1.165, 1.54) is 33.0 Å². The summed E-state index contributed by atoms with van der Waals surface area (Å²) in [6.45, 7) is 4.72. The zero-order valence-corrected chi connectivity index (χ0v) is 22.0. The van der Waals surface area contributed by atoms with Crippen LogP contribution in [0.15, 0.2) is 132 Å². The summed E-state index contributed by atoms with van der Waals surface area (Å²) in [7, 11) is 0. The molecule has 0 saturated heterocycles. The van der Waals surface area contributed by atoms with E-state index in [-0.39, 0.29) is 5.41 Å². The standard InChI is InChI=1S/C37H27NO/c1-37(2)32-23-26(20-22-28(32)30-21-19-24-11-6-7-14-27(24)35(30)37)38(25-12-4-3-5-13-25)33-17-10-16-31-29-15-8-9-18-34(29)39-36(31)33/h3-23H,1-2H3. The number of hydrogen-bond donors (Lipinski definition) is 0. The summed E-state index contributed by atoms with van der Waals surface area (Å²) in [5.41, 5.74) is 10.4. The summed E-state index contributed by atoms with van der Waals surface area (Å²) < 4.78 is 6.50. The Morgan fingerprint density at radius 2 is 1.28 bits per heavy atom. The topological polar surface area (TPSA) is 16.4 Å². The average molecular weight is 502 g/mol. The minimum atomic E-state index is -0.130. The molecule has 1 heterocycles. The van der Waals surface area contributed by atoms with Crippen molar-refractivity contribution in [2.75, 3.05) is 4.90 Å². The molecule has 0 unspecified atom stereocenters. The van der Waals surface area contributed by atoms with Crippen LogP contribution >= 0.6 is 0 Å². The van der Waals surface area contributed by atoms with Gasteiger partial charge in [-0.1, -0.05) is 105 Å². The first-order valence-electron chi connectivity index (χ1n) is 13.5. The summed E-state index contributed by atoms with van der Waals surface area (Å²) in [6.07, 6.45) is 0. The number of hydrogen-bond acceptors (Lipinski definition) is 2. The first kappa shape index (κ1) is 22.2. The van der Waals surface area contributed by atoms with E-state index in [4.69, 9.17) is 4.42 Å². The number of rotatable bonds is 3. The number of benzene rings is 6. The van der Waals surface area contributed by atoms with Crippen molar-refractivity contribution in [1.82, 2.24) is 0 Å². The first-order chi connectivity index (χ1) is 19.1. The lowest BCUT2D eigenvalue weighted by molar-refractivity contribution is 0.666. The van der Waals surface area contributed by atoms with E-state index in [0.29, 0.717) is 0 Å². The Labute approximate surface area is 227 Å². The van der Waals surface area contributed by atoms with E-state index in [0.717, 1.165) is 39.0 Å². The highest BCUT2D eigenvalue weighted by molar-refractivity contribution is 6.10. The molecule has 0 atom stereocenters. The van der Waals surface area contributed by atoms with Gasteiger partial charge in [0.15, 0.2) is 5.58 Å². The van der Waals surface area contributed by atoms with Gasteiger partial charge in [0, 0.05) is 27.6 Å². The normalized spacial score (nSPS) is 13.6. The molecule has 7 aromatic rings. The van der Waals surface area contributed by atoms with Gasteiger partial charge in [-0.3, -0.25) is 0 Å². The fourth-order valence-electron chi connectivity index (χ4n) is 6.64. The van der Waals surface area contributed by atoms with Gasteiger partial charge in [0.2, 0.25) is 0 Å². The van der Waals surface area contributed by atoms with Gasteiger partial charge < -0.3 is 9.32 Å². The van der Waals surface area contributed by atoms with Gasteiger partial charge in [-0.2, -0.15) is 0 Å². The largest absolute Gasteiger partial charge is 0.454 e. The number of furan rings is 1. The smallest absolute Gasteiger partial charge is 0.159 e. The summed E-state index contributed by atoms with van der Waals surface area (Å²) in [5, 5.41) is 4.90. The highest BCUT2D eigenvalue weighted by atomic mass is 16.3. The van der Waals surface area contributed by atoms with Crippen molar-refractivity contribution in [2.24, 2.45) is 0 Å². The Morgan fingerprint density at radius 3 is 2.15 bits per heavy atom. The molecule has 0 fully saturated rings. The highest BCUT2D eigenvalue weighted by Gasteiger charge is 2.37. The van der Waals surface area contributed by atoms with Crippen LogP contribution in [-0.2, 0) is 5.41 Å². The van der Waals surface area contributed by atoms with E-state index in [1.807, 2.05) is 12.1 Å². The number of para-hydroxylation sites is 3. The van der Waals surface area contributed by atoms with Crippen LogP contribution in [0.3, 0.4) is 0 Å². The van der Waals surface area contributed by atoms with E-state index >= 15 is 0 Å². The Balaban J connectivity index is 1.37. The van der Waals surface area contributed by atoms with Gasteiger partial charge in [0.05, 0.1) is 5.69 Å². The fourth-order valence-corrected chi connectivity index (χ4v) is 6.64. The Bertz CT molecular complexity index is 2050. The maximum Gasteiger partial charge on any atom is 0.159 e. The summed E-state index contributed by atoms with van der Waals surface area (Å²) in [6, 6.07) is 45.6. The SMILES string of the molecule is CC1(C)c2cc(N(c3ccccc3)c3cccc4c3oc3ccccc34)ccc2-c2ccc3ccccc3c21. The molecule has 0 radical (unpaired) electrons. The van der Waals surface area contributed by atoms with Crippen molar-refractivity contribution < 1.29 is 4.42 Å². The quantitative estimate of drug-likeness (QED) is 0.239. The van der Waals surface area contributed by atoms with Crippen molar-refractivity contribution in [2.45, 2.75) is 19.3 Å². The maximum absolute atomic E-state index is 6.50. The second kappa shape index (κ2) is 8.09. The monoisotopic (exact) mass is 501 g/mol. The molecular formula is C37H27NO. The van der Waals surface area contributed by atoms with Crippen LogP contribution in [0.5, 0.6) is 0 Å². The molecule has 0 amide bonds. The van der Waals surface area contributed by atoms with Gasteiger partial charge in [0.1, 0.15) is 5.58 Å². The molecule has 6 aromatic carbocycles. The first-order valence-corrected chi connectivity index (χ1v) is 13.5. The molecule has 1 aliphatic rings. The van der Waals surface area contributed by atoms with Gasteiger partial charge in [0.25, 0.3) is 0 Å². The average Bonchev–Trinajstić information content (AvgIpc) is 3.47. The van der Waals surface area contributed by atoms with Crippen LogP contribution in [0, 0.1) is 0 Å². The summed E-state index contributed by atoms with van der Waals surface area (Å²) in [5.74, 6) is 0. The lowest BCUT2D eigenvalue weighted by Crippen LogP contribution is -2.17. The molecule has 0 spiro atoms. The molecule has 1 aliphatic carbocycles. The second-order valence-corrected chi connectivity index (χ2v) is 11.0. The van der Waals surface area contributed by atoms with E-state index < -0.39 is 0 Å². The minimum Gasteiger partial charge on any atom is -0.454 e. The third kappa shape index (κ3) is 3.15. The van der Waals surface area contributed by atoms with Crippen LogP contribution in [0.2, 0.25) is 0 Å². The highest BCUT2D eigenvalue weighted by Crippen LogP contribution is 2.53. The molecule has 39 heavy (non-hydrogen) atoms. The zero-order chi connectivity index (χ0) is 26.1. The zero-order valence-electron chi connectivity index (χ0n) is 22.0. The third-order valence-electron chi connectivity index (χ3n) is 8.42. The van der Waals surface area contributed by atoms with Crippen LogP contribution in [-0.4, -0.2) is 0 Å². The molecule has 2 nitrogen and oxygen atoms in total. The predicted molar refractivity (Wildman–Crippen MR) is 163 cm³/mol. The van der Waals surface area contributed by atoms with Crippen molar-refractivity contribution >= 4 is 49.8 Å². The maximum atomic E-state index is 6.50. The predicted octanol–water partition coefficient (Wildman–Crippen LogP) is 10.5. The fraction of sp³-hybridized carbons (Fsp3) is 0.0811. The van der Waals surface area contributed by atoms with Crippen molar-refractivity contribution in [3.05, 3.63) is 139 Å². The van der Waals surface area contributed by atoms with Gasteiger partial charge in [-0.05, 0) is 69.4 Å².